The number of carbonyl (C=O) groups is 1. The molecule has 20 heavy (non-hydrogen) atoms. The molecule has 1 heterocycles. The minimum Gasteiger partial charge on any atom is -0.319 e. The van der Waals surface area contributed by atoms with Crippen molar-refractivity contribution in [2.45, 2.75) is 25.6 Å². The molecule has 2 rings (SSSR count). The molecule has 4 nitrogen and oxygen atoms in total. The number of halogens is 1. The number of hydrogen-bond donors (Lipinski definition) is 1. The molecular formula is C15H22ClN3O. The van der Waals surface area contributed by atoms with Crippen molar-refractivity contribution >= 4 is 17.5 Å². The Labute approximate surface area is 125 Å². The predicted octanol–water partition coefficient (Wildman–Crippen LogP) is 2.11. The molecule has 0 spiro atoms. The summed E-state index contributed by atoms with van der Waals surface area (Å²) in [7, 11) is 4.10. The van der Waals surface area contributed by atoms with E-state index in [0.29, 0.717) is 11.6 Å². The van der Waals surface area contributed by atoms with Gasteiger partial charge in [0.1, 0.15) is 6.17 Å². The number of amides is 1. The van der Waals surface area contributed by atoms with E-state index in [1.54, 1.807) is 0 Å². The average molecular weight is 296 g/mol. The normalized spacial score (nSPS) is 20.8. The third-order valence-corrected chi connectivity index (χ3v) is 3.92. The molecule has 1 fully saturated rings. The van der Waals surface area contributed by atoms with Gasteiger partial charge in [-0.15, -0.1) is 0 Å². The summed E-state index contributed by atoms with van der Waals surface area (Å²) in [6.07, 6.45) is 0.918. The number of nitrogens with one attached hydrogen (secondary N) is 1. The highest BCUT2D eigenvalue weighted by atomic mass is 35.5. The van der Waals surface area contributed by atoms with Gasteiger partial charge in [0.25, 0.3) is 0 Å². The highest BCUT2D eigenvalue weighted by molar-refractivity contribution is 6.30. The summed E-state index contributed by atoms with van der Waals surface area (Å²) in [6.45, 7) is 3.48. The average Bonchev–Trinajstić information content (AvgIpc) is 2.79. The summed E-state index contributed by atoms with van der Waals surface area (Å²) < 4.78 is 0. The number of benzene rings is 1. The maximum Gasteiger partial charge on any atom is 0.238 e. The highest BCUT2D eigenvalue weighted by Gasteiger charge is 2.34. The second-order valence-corrected chi connectivity index (χ2v) is 6.01. The van der Waals surface area contributed by atoms with Gasteiger partial charge in [-0.25, -0.2) is 0 Å². The fourth-order valence-corrected chi connectivity index (χ4v) is 2.65. The van der Waals surface area contributed by atoms with E-state index in [0.717, 1.165) is 18.5 Å². The van der Waals surface area contributed by atoms with Crippen LogP contribution in [0.15, 0.2) is 24.3 Å². The van der Waals surface area contributed by atoms with E-state index in [1.165, 1.54) is 0 Å². The monoisotopic (exact) mass is 295 g/mol. The first-order chi connectivity index (χ1) is 9.49. The summed E-state index contributed by atoms with van der Waals surface area (Å²) in [4.78, 5) is 16.2. The van der Waals surface area contributed by atoms with Crippen molar-refractivity contribution in [1.82, 2.24) is 15.1 Å². The van der Waals surface area contributed by atoms with Crippen molar-refractivity contribution in [3.05, 3.63) is 34.9 Å². The Kier molecular flexibility index (Phi) is 5.02. The Bertz CT molecular complexity index is 461. The van der Waals surface area contributed by atoms with Crippen LogP contribution >= 0.6 is 11.6 Å². The quantitative estimate of drug-likeness (QED) is 0.904. The first-order valence-corrected chi connectivity index (χ1v) is 7.31. The molecule has 1 aliphatic rings. The van der Waals surface area contributed by atoms with Crippen molar-refractivity contribution < 1.29 is 4.79 Å². The SMILES string of the molecule is CC(CCN(C)C)N1C(=O)CNC1c1ccc(Cl)cc1. The van der Waals surface area contributed by atoms with Crippen LogP contribution in [-0.2, 0) is 4.79 Å². The second kappa shape index (κ2) is 6.57. The Morgan fingerprint density at radius 2 is 2.05 bits per heavy atom. The summed E-state index contributed by atoms with van der Waals surface area (Å²) in [5.41, 5.74) is 1.08. The zero-order valence-corrected chi connectivity index (χ0v) is 13.0. The van der Waals surface area contributed by atoms with E-state index < -0.39 is 0 Å². The smallest absolute Gasteiger partial charge is 0.238 e. The number of rotatable bonds is 5. The van der Waals surface area contributed by atoms with Crippen LogP contribution in [0.5, 0.6) is 0 Å². The predicted molar refractivity (Wildman–Crippen MR) is 81.7 cm³/mol. The molecule has 5 heteroatoms. The minimum atomic E-state index is -0.0445. The van der Waals surface area contributed by atoms with Gasteiger partial charge in [-0.3, -0.25) is 10.1 Å². The van der Waals surface area contributed by atoms with Crippen LogP contribution in [0, 0.1) is 0 Å². The van der Waals surface area contributed by atoms with Crippen LogP contribution < -0.4 is 5.32 Å². The van der Waals surface area contributed by atoms with Crippen LogP contribution in [0.1, 0.15) is 25.1 Å². The molecule has 0 aromatic heterocycles. The van der Waals surface area contributed by atoms with Crippen LogP contribution in [0.4, 0.5) is 0 Å². The lowest BCUT2D eigenvalue weighted by molar-refractivity contribution is -0.130. The number of nitrogens with zero attached hydrogens (tertiary/aromatic N) is 2. The van der Waals surface area contributed by atoms with Gasteiger partial charge in [0.15, 0.2) is 0 Å². The van der Waals surface area contributed by atoms with Gasteiger partial charge < -0.3 is 9.80 Å². The highest BCUT2D eigenvalue weighted by Crippen LogP contribution is 2.26. The molecule has 110 valence electrons. The fourth-order valence-electron chi connectivity index (χ4n) is 2.53. The van der Waals surface area contributed by atoms with Gasteiger partial charge in [-0.05, 0) is 51.7 Å². The molecule has 1 aromatic rings. The van der Waals surface area contributed by atoms with E-state index >= 15 is 0 Å². The van der Waals surface area contributed by atoms with Crippen LogP contribution in [0.2, 0.25) is 5.02 Å². The van der Waals surface area contributed by atoms with E-state index in [-0.39, 0.29) is 18.1 Å². The molecule has 1 amide bonds. The third kappa shape index (κ3) is 3.51. The lowest BCUT2D eigenvalue weighted by atomic mass is 10.1. The van der Waals surface area contributed by atoms with Crippen molar-refractivity contribution in [3.63, 3.8) is 0 Å². The molecule has 0 aliphatic carbocycles. The second-order valence-electron chi connectivity index (χ2n) is 5.58. The van der Waals surface area contributed by atoms with E-state index in [1.807, 2.05) is 43.3 Å². The lowest BCUT2D eigenvalue weighted by Gasteiger charge is -2.31. The Hall–Kier alpha value is -1.10. The molecule has 2 unspecified atom stereocenters. The Balaban J connectivity index is 2.11. The first-order valence-electron chi connectivity index (χ1n) is 6.94. The van der Waals surface area contributed by atoms with E-state index in [2.05, 4.69) is 17.1 Å². The third-order valence-electron chi connectivity index (χ3n) is 3.67. The summed E-state index contributed by atoms with van der Waals surface area (Å²) >= 11 is 5.92. The molecule has 0 bridgehead atoms. The van der Waals surface area contributed by atoms with Gasteiger partial charge >= 0.3 is 0 Å². The summed E-state index contributed by atoms with van der Waals surface area (Å²) in [5.74, 6) is 0.163. The molecule has 0 saturated carbocycles. The van der Waals surface area contributed by atoms with Crippen molar-refractivity contribution in [1.29, 1.82) is 0 Å². The van der Waals surface area contributed by atoms with Gasteiger partial charge in [0.05, 0.1) is 6.54 Å². The van der Waals surface area contributed by atoms with E-state index in [9.17, 15) is 4.79 Å². The van der Waals surface area contributed by atoms with E-state index in [4.69, 9.17) is 11.6 Å². The fraction of sp³-hybridized carbons (Fsp3) is 0.533. The zero-order valence-electron chi connectivity index (χ0n) is 12.3. The molecule has 1 N–H and O–H groups in total. The molecule has 1 saturated heterocycles. The maximum atomic E-state index is 12.1. The minimum absolute atomic E-state index is 0.0445. The lowest BCUT2D eigenvalue weighted by Crippen LogP contribution is -2.39. The zero-order chi connectivity index (χ0) is 14.7. The first kappa shape index (κ1) is 15.3. The molecule has 1 aromatic carbocycles. The molecule has 2 atom stereocenters. The summed E-state index contributed by atoms with van der Waals surface area (Å²) in [6, 6.07) is 7.89. The van der Waals surface area contributed by atoms with Crippen LogP contribution in [-0.4, -0.2) is 48.9 Å². The van der Waals surface area contributed by atoms with Crippen molar-refractivity contribution in [2.75, 3.05) is 27.2 Å². The maximum absolute atomic E-state index is 12.1. The van der Waals surface area contributed by atoms with Crippen LogP contribution in [0.3, 0.4) is 0 Å². The summed E-state index contributed by atoms with van der Waals surface area (Å²) in [5, 5.41) is 3.99. The van der Waals surface area contributed by atoms with Gasteiger partial charge in [0.2, 0.25) is 5.91 Å². The topological polar surface area (TPSA) is 35.6 Å². The number of carbonyl (C=O) groups excluding carboxylic acids is 1. The van der Waals surface area contributed by atoms with Crippen LogP contribution in [0.25, 0.3) is 0 Å². The standard InChI is InChI=1S/C15H22ClN3O/c1-11(8-9-18(2)3)19-14(20)10-17-15(19)12-4-6-13(16)7-5-12/h4-7,11,15,17H,8-10H2,1-3H3. The van der Waals surface area contributed by atoms with Gasteiger partial charge in [0, 0.05) is 11.1 Å². The Morgan fingerprint density at radius 1 is 1.40 bits per heavy atom. The van der Waals surface area contributed by atoms with Crippen molar-refractivity contribution in [2.24, 2.45) is 0 Å². The van der Waals surface area contributed by atoms with Crippen molar-refractivity contribution in [3.8, 4) is 0 Å². The van der Waals surface area contributed by atoms with Gasteiger partial charge in [-0.1, -0.05) is 23.7 Å². The molecule has 1 aliphatic heterocycles. The Morgan fingerprint density at radius 3 is 2.65 bits per heavy atom. The number of hydrogen-bond acceptors (Lipinski definition) is 3. The largest absolute Gasteiger partial charge is 0.319 e. The molecule has 0 radical (unpaired) electrons. The van der Waals surface area contributed by atoms with Gasteiger partial charge in [-0.2, -0.15) is 0 Å². The molecular weight excluding hydrogens is 274 g/mol.